The molecule has 1 aromatic carbocycles. The molecule has 0 saturated heterocycles. The summed E-state index contributed by atoms with van der Waals surface area (Å²) >= 11 is 1.61. The second-order valence-corrected chi connectivity index (χ2v) is 5.76. The van der Waals surface area contributed by atoms with Gasteiger partial charge in [-0.1, -0.05) is 23.9 Å². The SMILES string of the molecule is C[C@H](Sc1nnnn1C1CC1)c1ccc(F)cc1. The minimum absolute atomic E-state index is 0.203. The standard InChI is InChI=1S/C12H13FN4S/c1-8(9-2-4-10(13)5-3-9)18-12-14-15-16-17(12)11-6-7-11/h2-5,8,11H,6-7H2,1H3/t8-/m0/s1. The highest BCUT2D eigenvalue weighted by Crippen LogP contribution is 2.40. The van der Waals surface area contributed by atoms with E-state index in [1.54, 1.807) is 23.9 Å². The summed E-state index contributed by atoms with van der Waals surface area (Å²) in [6.45, 7) is 2.07. The van der Waals surface area contributed by atoms with Gasteiger partial charge in [-0.15, -0.1) is 5.10 Å². The number of halogens is 1. The Morgan fingerprint density at radius 1 is 1.33 bits per heavy atom. The predicted molar refractivity (Wildman–Crippen MR) is 66.8 cm³/mol. The van der Waals surface area contributed by atoms with Crippen LogP contribution in [0.15, 0.2) is 29.4 Å². The van der Waals surface area contributed by atoms with E-state index in [4.69, 9.17) is 0 Å². The Kier molecular flexibility index (Phi) is 3.03. The van der Waals surface area contributed by atoms with E-state index in [0.717, 1.165) is 23.6 Å². The molecule has 2 aromatic rings. The highest BCUT2D eigenvalue weighted by molar-refractivity contribution is 7.99. The van der Waals surface area contributed by atoms with Gasteiger partial charge in [0.1, 0.15) is 5.82 Å². The van der Waals surface area contributed by atoms with Crippen LogP contribution in [0.4, 0.5) is 4.39 Å². The van der Waals surface area contributed by atoms with Crippen molar-refractivity contribution in [2.24, 2.45) is 0 Å². The normalized spacial score (nSPS) is 16.8. The quantitative estimate of drug-likeness (QED) is 0.796. The predicted octanol–water partition coefficient (Wildman–Crippen LogP) is 3.00. The van der Waals surface area contributed by atoms with Gasteiger partial charge in [-0.3, -0.25) is 0 Å². The summed E-state index contributed by atoms with van der Waals surface area (Å²) in [5.41, 5.74) is 1.08. The van der Waals surface area contributed by atoms with Crippen LogP contribution in [0.2, 0.25) is 0 Å². The maximum atomic E-state index is 12.9. The van der Waals surface area contributed by atoms with Gasteiger partial charge in [0.2, 0.25) is 5.16 Å². The van der Waals surface area contributed by atoms with Crippen LogP contribution in [0.25, 0.3) is 0 Å². The molecule has 0 bridgehead atoms. The minimum Gasteiger partial charge on any atom is -0.217 e. The van der Waals surface area contributed by atoms with E-state index in [0.29, 0.717) is 6.04 Å². The molecule has 1 aliphatic rings. The van der Waals surface area contributed by atoms with Gasteiger partial charge < -0.3 is 0 Å². The van der Waals surface area contributed by atoms with E-state index in [-0.39, 0.29) is 11.1 Å². The Hall–Kier alpha value is -1.43. The van der Waals surface area contributed by atoms with Gasteiger partial charge in [0.15, 0.2) is 0 Å². The summed E-state index contributed by atoms with van der Waals surface area (Å²) in [6.07, 6.45) is 2.31. The Morgan fingerprint density at radius 2 is 2.06 bits per heavy atom. The lowest BCUT2D eigenvalue weighted by atomic mass is 10.2. The van der Waals surface area contributed by atoms with Gasteiger partial charge >= 0.3 is 0 Å². The maximum absolute atomic E-state index is 12.9. The van der Waals surface area contributed by atoms with Crippen molar-refractivity contribution in [3.63, 3.8) is 0 Å². The fourth-order valence-electron chi connectivity index (χ4n) is 1.77. The topological polar surface area (TPSA) is 43.6 Å². The number of tetrazole rings is 1. The van der Waals surface area contributed by atoms with Gasteiger partial charge in [-0.2, -0.15) is 0 Å². The van der Waals surface area contributed by atoms with E-state index in [1.165, 1.54) is 12.1 Å². The molecule has 0 aliphatic heterocycles. The molecule has 4 nitrogen and oxygen atoms in total. The fourth-order valence-corrected chi connectivity index (χ4v) is 2.76. The van der Waals surface area contributed by atoms with Crippen LogP contribution in [0.1, 0.15) is 36.6 Å². The molecule has 94 valence electrons. The van der Waals surface area contributed by atoms with Gasteiger partial charge in [-0.05, 0) is 47.9 Å². The molecular weight excluding hydrogens is 251 g/mol. The zero-order chi connectivity index (χ0) is 12.5. The Bertz CT molecular complexity index is 535. The molecule has 3 rings (SSSR count). The summed E-state index contributed by atoms with van der Waals surface area (Å²) < 4.78 is 14.8. The Balaban J connectivity index is 1.75. The molecule has 0 N–H and O–H groups in total. The fraction of sp³-hybridized carbons (Fsp3) is 0.417. The number of hydrogen-bond donors (Lipinski definition) is 0. The summed E-state index contributed by atoms with van der Waals surface area (Å²) in [5.74, 6) is -0.209. The highest BCUT2D eigenvalue weighted by Gasteiger charge is 2.28. The number of benzene rings is 1. The van der Waals surface area contributed by atoms with Crippen molar-refractivity contribution in [2.45, 2.75) is 36.2 Å². The number of thioether (sulfide) groups is 1. The van der Waals surface area contributed by atoms with Crippen molar-refractivity contribution in [3.8, 4) is 0 Å². The molecule has 0 amide bonds. The summed E-state index contributed by atoms with van der Waals surface area (Å²) in [5, 5.41) is 12.8. The van der Waals surface area contributed by atoms with Crippen molar-refractivity contribution < 1.29 is 4.39 Å². The van der Waals surface area contributed by atoms with Crippen molar-refractivity contribution in [1.29, 1.82) is 0 Å². The Morgan fingerprint density at radius 3 is 2.72 bits per heavy atom. The zero-order valence-corrected chi connectivity index (χ0v) is 10.8. The molecule has 0 spiro atoms. The van der Waals surface area contributed by atoms with Crippen molar-refractivity contribution in [2.75, 3.05) is 0 Å². The van der Waals surface area contributed by atoms with E-state index >= 15 is 0 Å². The highest BCUT2D eigenvalue weighted by atomic mass is 32.2. The molecule has 1 heterocycles. The number of aromatic nitrogens is 4. The lowest BCUT2D eigenvalue weighted by Crippen LogP contribution is -2.00. The average Bonchev–Trinajstić information content (AvgIpc) is 3.11. The van der Waals surface area contributed by atoms with Crippen molar-refractivity contribution in [3.05, 3.63) is 35.6 Å². The van der Waals surface area contributed by atoms with E-state index < -0.39 is 0 Å². The lowest BCUT2D eigenvalue weighted by Gasteiger charge is -2.10. The smallest absolute Gasteiger partial charge is 0.210 e. The van der Waals surface area contributed by atoms with E-state index in [2.05, 4.69) is 22.4 Å². The average molecular weight is 264 g/mol. The van der Waals surface area contributed by atoms with Crippen LogP contribution in [0.5, 0.6) is 0 Å². The maximum Gasteiger partial charge on any atom is 0.210 e. The molecule has 0 unspecified atom stereocenters. The van der Waals surface area contributed by atoms with Crippen molar-refractivity contribution >= 4 is 11.8 Å². The van der Waals surface area contributed by atoms with Crippen LogP contribution < -0.4 is 0 Å². The van der Waals surface area contributed by atoms with Crippen LogP contribution in [-0.2, 0) is 0 Å². The van der Waals surface area contributed by atoms with Gasteiger partial charge in [0.25, 0.3) is 0 Å². The third-order valence-electron chi connectivity index (χ3n) is 2.98. The van der Waals surface area contributed by atoms with Crippen LogP contribution in [-0.4, -0.2) is 20.2 Å². The van der Waals surface area contributed by atoms with Crippen LogP contribution in [0, 0.1) is 5.82 Å². The first-order chi connectivity index (χ1) is 8.74. The second-order valence-electron chi connectivity index (χ2n) is 4.45. The molecule has 0 radical (unpaired) electrons. The molecule has 18 heavy (non-hydrogen) atoms. The second kappa shape index (κ2) is 4.68. The summed E-state index contributed by atoms with van der Waals surface area (Å²) in [7, 11) is 0. The van der Waals surface area contributed by atoms with Crippen LogP contribution >= 0.6 is 11.8 Å². The molecule has 1 aromatic heterocycles. The van der Waals surface area contributed by atoms with Gasteiger partial charge in [0.05, 0.1) is 6.04 Å². The Labute approximate surface area is 109 Å². The first-order valence-electron chi connectivity index (χ1n) is 5.94. The molecule has 1 saturated carbocycles. The molecule has 1 atom stereocenters. The molecule has 6 heteroatoms. The first-order valence-corrected chi connectivity index (χ1v) is 6.82. The third-order valence-corrected chi connectivity index (χ3v) is 4.08. The molecule has 1 aliphatic carbocycles. The first kappa shape index (κ1) is 11.6. The zero-order valence-electron chi connectivity index (χ0n) is 9.95. The minimum atomic E-state index is -0.209. The lowest BCUT2D eigenvalue weighted by molar-refractivity contribution is 0.565. The molecule has 1 fully saturated rings. The largest absolute Gasteiger partial charge is 0.217 e. The molecular formula is C12H13FN4S. The number of nitrogens with zero attached hydrogens (tertiary/aromatic N) is 4. The summed E-state index contributed by atoms with van der Waals surface area (Å²) in [4.78, 5) is 0. The third kappa shape index (κ3) is 2.38. The van der Waals surface area contributed by atoms with Crippen LogP contribution in [0.3, 0.4) is 0 Å². The van der Waals surface area contributed by atoms with Gasteiger partial charge in [-0.25, -0.2) is 9.07 Å². The van der Waals surface area contributed by atoms with Crippen molar-refractivity contribution in [1.82, 2.24) is 20.2 Å². The van der Waals surface area contributed by atoms with E-state index in [9.17, 15) is 4.39 Å². The number of rotatable bonds is 4. The van der Waals surface area contributed by atoms with Gasteiger partial charge in [0, 0.05) is 5.25 Å². The summed E-state index contributed by atoms with van der Waals surface area (Å²) in [6, 6.07) is 7.05. The van der Waals surface area contributed by atoms with E-state index in [1.807, 2.05) is 4.68 Å². The monoisotopic (exact) mass is 264 g/mol. The number of hydrogen-bond acceptors (Lipinski definition) is 4.